The topological polar surface area (TPSA) is 41.5 Å². The molecular formula is C13H27NO2. The molecule has 1 aliphatic rings. The van der Waals surface area contributed by atoms with Crippen molar-refractivity contribution in [1.29, 1.82) is 0 Å². The predicted octanol–water partition coefficient (Wildman–Crippen LogP) is 1.80. The second kappa shape index (κ2) is 6.58. The summed E-state index contributed by atoms with van der Waals surface area (Å²) in [6.07, 6.45) is 3.67. The number of ether oxygens (including phenoxy) is 1. The van der Waals surface area contributed by atoms with Gasteiger partial charge in [-0.25, -0.2) is 0 Å². The Kier molecular flexibility index (Phi) is 5.73. The molecule has 0 aliphatic carbocycles. The fraction of sp³-hybridized carbons (Fsp3) is 1.00. The monoisotopic (exact) mass is 229 g/mol. The lowest BCUT2D eigenvalue weighted by Crippen LogP contribution is -2.54. The van der Waals surface area contributed by atoms with E-state index >= 15 is 0 Å². The molecule has 1 fully saturated rings. The summed E-state index contributed by atoms with van der Waals surface area (Å²) in [4.78, 5) is 0. The SMILES string of the molecule is CCCC(C)C(CC)NCC1(CO)COC1. The highest BCUT2D eigenvalue weighted by Crippen LogP contribution is 2.26. The first-order valence-electron chi connectivity index (χ1n) is 6.59. The van der Waals surface area contributed by atoms with E-state index in [4.69, 9.17) is 4.74 Å². The second-order valence-electron chi connectivity index (χ2n) is 5.31. The average Bonchev–Trinajstić information content (AvgIpc) is 2.22. The quantitative estimate of drug-likeness (QED) is 0.667. The van der Waals surface area contributed by atoms with Gasteiger partial charge < -0.3 is 15.2 Å². The minimum atomic E-state index is -0.000640. The molecule has 0 aromatic carbocycles. The third-order valence-corrected chi connectivity index (χ3v) is 3.76. The average molecular weight is 229 g/mol. The van der Waals surface area contributed by atoms with E-state index in [0.717, 1.165) is 13.0 Å². The number of aliphatic hydroxyl groups excluding tert-OH is 1. The summed E-state index contributed by atoms with van der Waals surface area (Å²) in [5.41, 5.74) is -0.000640. The molecule has 2 atom stereocenters. The van der Waals surface area contributed by atoms with E-state index in [1.54, 1.807) is 0 Å². The molecule has 3 nitrogen and oxygen atoms in total. The summed E-state index contributed by atoms with van der Waals surface area (Å²) in [7, 11) is 0. The molecule has 1 heterocycles. The smallest absolute Gasteiger partial charge is 0.0579 e. The molecule has 2 N–H and O–H groups in total. The molecule has 2 unspecified atom stereocenters. The number of hydrogen-bond donors (Lipinski definition) is 2. The highest BCUT2D eigenvalue weighted by Gasteiger charge is 2.38. The zero-order valence-electron chi connectivity index (χ0n) is 11.0. The Balaban J connectivity index is 2.32. The van der Waals surface area contributed by atoms with E-state index in [-0.39, 0.29) is 12.0 Å². The standard InChI is InChI=1S/C13H27NO2/c1-4-6-11(3)12(5-2)14-7-13(8-15)9-16-10-13/h11-12,14-15H,4-10H2,1-3H3. The van der Waals surface area contributed by atoms with Crippen LogP contribution in [0, 0.1) is 11.3 Å². The fourth-order valence-electron chi connectivity index (χ4n) is 2.39. The van der Waals surface area contributed by atoms with Crippen LogP contribution in [0.3, 0.4) is 0 Å². The lowest BCUT2D eigenvalue weighted by Gasteiger charge is -2.41. The van der Waals surface area contributed by atoms with Crippen LogP contribution in [-0.4, -0.2) is 37.5 Å². The van der Waals surface area contributed by atoms with Crippen molar-refractivity contribution < 1.29 is 9.84 Å². The van der Waals surface area contributed by atoms with Crippen molar-refractivity contribution in [3.8, 4) is 0 Å². The van der Waals surface area contributed by atoms with E-state index in [1.165, 1.54) is 12.8 Å². The van der Waals surface area contributed by atoms with Gasteiger partial charge in [0.2, 0.25) is 0 Å². The van der Waals surface area contributed by atoms with Gasteiger partial charge in [-0.15, -0.1) is 0 Å². The summed E-state index contributed by atoms with van der Waals surface area (Å²) in [6, 6.07) is 0.573. The molecule has 0 saturated carbocycles. The van der Waals surface area contributed by atoms with Crippen LogP contribution >= 0.6 is 0 Å². The first-order valence-corrected chi connectivity index (χ1v) is 6.59. The number of nitrogens with one attached hydrogen (secondary N) is 1. The van der Waals surface area contributed by atoms with E-state index in [2.05, 4.69) is 26.1 Å². The minimum absolute atomic E-state index is 0.000640. The van der Waals surface area contributed by atoms with Gasteiger partial charge in [-0.2, -0.15) is 0 Å². The summed E-state index contributed by atoms with van der Waals surface area (Å²) in [5.74, 6) is 0.715. The fourth-order valence-corrected chi connectivity index (χ4v) is 2.39. The zero-order chi connectivity index (χ0) is 12.0. The van der Waals surface area contributed by atoms with Gasteiger partial charge in [-0.3, -0.25) is 0 Å². The van der Waals surface area contributed by atoms with Gasteiger partial charge in [0, 0.05) is 12.6 Å². The van der Waals surface area contributed by atoms with Crippen molar-refractivity contribution in [2.24, 2.45) is 11.3 Å². The molecule has 1 aliphatic heterocycles. The lowest BCUT2D eigenvalue weighted by molar-refractivity contribution is -0.135. The third-order valence-electron chi connectivity index (χ3n) is 3.76. The van der Waals surface area contributed by atoms with Gasteiger partial charge in [0.25, 0.3) is 0 Å². The van der Waals surface area contributed by atoms with Crippen LogP contribution < -0.4 is 5.32 Å². The molecule has 0 aromatic heterocycles. The molecule has 1 saturated heterocycles. The molecule has 16 heavy (non-hydrogen) atoms. The van der Waals surface area contributed by atoms with Crippen molar-refractivity contribution in [3.63, 3.8) is 0 Å². The summed E-state index contributed by atoms with van der Waals surface area (Å²) >= 11 is 0. The molecule has 3 heteroatoms. The summed E-state index contributed by atoms with van der Waals surface area (Å²) < 4.78 is 5.20. The predicted molar refractivity (Wildman–Crippen MR) is 66.5 cm³/mol. The Morgan fingerprint density at radius 1 is 1.38 bits per heavy atom. The van der Waals surface area contributed by atoms with Crippen molar-refractivity contribution in [3.05, 3.63) is 0 Å². The first-order chi connectivity index (χ1) is 7.67. The Bertz CT molecular complexity index is 187. The largest absolute Gasteiger partial charge is 0.396 e. The van der Waals surface area contributed by atoms with Crippen LogP contribution in [0.25, 0.3) is 0 Å². The zero-order valence-corrected chi connectivity index (χ0v) is 11.0. The van der Waals surface area contributed by atoms with Crippen molar-refractivity contribution in [1.82, 2.24) is 5.32 Å². The van der Waals surface area contributed by atoms with Gasteiger partial charge in [0.15, 0.2) is 0 Å². The van der Waals surface area contributed by atoms with Crippen LogP contribution in [0.15, 0.2) is 0 Å². The van der Waals surface area contributed by atoms with Crippen LogP contribution in [0.1, 0.15) is 40.0 Å². The molecule has 0 aromatic rings. The third kappa shape index (κ3) is 3.44. The van der Waals surface area contributed by atoms with Crippen LogP contribution in [0.4, 0.5) is 0 Å². The first kappa shape index (κ1) is 13.9. The van der Waals surface area contributed by atoms with E-state index in [9.17, 15) is 5.11 Å². The van der Waals surface area contributed by atoms with Gasteiger partial charge in [0.1, 0.15) is 0 Å². The molecule has 0 amide bonds. The Morgan fingerprint density at radius 2 is 2.06 bits per heavy atom. The maximum Gasteiger partial charge on any atom is 0.0579 e. The molecule has 0 bridgehead atoms. The highest BCUT2D eigenvalue weighted by molar-refractivity contribution is 4.88. The van der Waals surface area contributed by atoms with E-state index in [0.29, 0.717) is 25.2 Å². The van der Waals surface area contributed by atoms with Gasteiger partial charge >= 0.3 is 0 Å². The van der Waals surface area contributed by atoms with Crippen molar-refractivity contribution in [2.45, 2.75) is 46.1 Å². The number of hydrogen-bond acceptors (Lipinski definition) is 3. The molecular weight excluding hydrogens is 202 g/mol. The molecule has 96 valence electrons. The molecule has 0 spiro atoms. The van der Waals surface area contributed by atoms with Crippen molar-refractivity contribution in [2.75, 3.05) is 26.4 Å². The van der Waals surface area contributed by atoms with Gasteiger partial charge in [-0.1, -0.05) is 27.2 Å². The van der Waals surface area contributed by atoms with E-state index in [1.807, 2.05) is 0 Å². The Labute approximate surface area is 99.6 Å². The van der Waals surface area contributed by atoms with Gasteiger partial charge in [-0.05, 0) is 18.8 Å². The van der Waals surface area contributed by atoms with Crippen LogP contribution in [0.5, 0.6) is 0 Å². The second-order valence-corrected chi connectivity index (χ2v) is 5.31. The van der Waals surface area contributed by atoms with Crippen LogP contribution in [0.2, 0.25) is 0 Å². The summed E-state index contributed by atoms with van der Waals surface area (Å²) in [6.45, 7) is 9.30. The highest BCUT2D eigenvalue weighted by atomic mass is 16.5. The Hall–Kier alpha value is -0.120. The van der Waals surface area contributed by atoms with E-state index < -0.39 is 0 Å². The maximum absolute atomic E-state index is 9.34. The number of rotatable bonds is 8. The normalized spacial score (nSPS) is 22.5. The molecule has 0 radical (unpaired) electrons. The number of aliphatic hydroxyl groups is 1. The Morgan fingerprint density at radius 3 is 2.44 bits per heavy atom. The minimum Gasteiger partial charge on any atom is -0.396 e. The van der Waals surface area contributed by atoms with Crippen LogP contribution in [-0.2, 0) is 4.74 Å². The van der Waals surface area contributed by atoms with Crippen molar-refractivity contribution >= 4 is 0 Å². The lowest BCUT2D eigenvalue weighted by atomic mass is 9.85. The van der Waals surface area contributed by atoms with Gasteiger partial charge in [0.05, 0.1) is 25.2 Å². The summed E-state index contributed by atoms with van der Waals surface area (Å²) in [5, 5.41) is 13.0. The molecule has 1 rings (SSSR count). The maximum atomic E-state index is 9.34.